The van der Waals surface area contributed by atoms with Crippen molar-refractivity contribution in [3.63, 3.8) is 0 Å². The summed E-state index contributed by atoms with van der Waals surface area (Å²) in [5.74, 6) is 2.69. The van der Waals surface area contributed by atoms with Gasteiger partial charge < -0.3 is 19.5 Å². The van der Waals surface area contributed by atoms with Gasteiger partial charge in [0.05, 0.1) is 6.54 Å². The second-order valence-corrected chi connectivity index (χ2v) is 7.57. The zero-order chi connectivity index (χ0) is 17.0. The quantitative estimate of drug-likeness (QED) is 0.426. The first-order chi connectivity index (χ1) is 11.6. The third kappa shape index (κ3) is 5.09. The first-order valence-corrected chi connectivity index (χ1v) is 9.15. The summed E-state index contributed by atoms with van der Waals surface area (Å²) >= 11 is 0. The number of nitrogens with one attached hydrogen (secondary N) is 1. The number of nitrogens with zero attached hydrogens (tertiary/aromatic N) is 4. The lowest BCUT2D eigenvalue weighted by atomic mass is 9.80. The van der Waals surface area contributed by atoms with E-state index in [1.807, 2.05) is 13.2 Å². The van der Waals surface area contributed by atoms with Crippen molar-refractivity contribution in [3.05, 3.63) is 18.2 Å². The Balaban J connectivity index is 0.00000225. The van der Waals surface area contributed by atoms with Gasteiger partial charge in [0.25, 0.3) is 0 Å². The lowest BCUT2D eigenvalue weighted by molar-refractivity contribution is 0.0217. The fourth-order valence-corrected chi connectivity index (χ4v) is 3.89. The molecule has 6 nitrogen and oxygen atoms in total. The minimum Gasteiger partial charge on any atom is -0.381 e. The van der Waals surface area contributed by atoms with E-state index in [1.165, 1.54) is 19.3 Å². The molecule has 0 aromatic carbocycles. The number of hydrogen-bond donors (Lipinski definition) is 1. The molecule has 2 fully saturated rings. The number of halogens is 1. The third-order valence-electron chi connectivity index (χ3n) is 5.27. The van der Waals surface area contributed by atoms with Crippen LogP contribution in [0.2, 0.25) is 0 Å². The second-order valence-electron chi connectivity index (χ2n) is 7.57. The van der Waals surface area contributed by atoms with Crippen LogP contribution < -0.4 is 5.32 Å². The summed E-state index contributed by atoms with van der Waals surface area (Å²) in [6, 6.07) is 0. The van der Waals surface area contributed by atoms with Crippen LogP contribution in [0.1, 0.15) is 38.9 Å². The van der Waals surface area contributed by atoms with Gasteiger partial charge in [0.15, 0.2) is 5.96 Å². The number of aliphatic imine (C=N–C) groups is 1. The second kappa shape index (κ2) is 9.21. The van der Waals surface area contributed by atoms with E-state index in [9.17, 15) is 0 Å². The van der Waals surface area contributed by atoms with Crippen molar-refractivity contribution >= 4 is 29.9 Å². The smallest absolute Gasteiger partial charge is 0.194 e. The number of likely N-dealkylation sites (tertiary alicyclic amines) is 1. The fraction of sp³-hybridized carbons (Fsp3) is 0.778. The molecule has 1 aromatic heterocycles. The summed E-state index contributed by atoms with van der Waals surface area (Å²) in [5, 5.41) is 3.51. The zero-order valence-electron chi connectivity index (χ0n) is 15.7. The Morgan fingerprint density at radius 2 is 2.12 bits per heavy atom. The van der Waals surface area contributed by atoms with Gasteiger partial charge >= 0.3 is 0 Å². The summed E-state index contributed by atoms with van der Waals surface area (Å²) in [6.07, 6.45) is 7.55. The number of ether oxygens (including phenoxy) is 1. The van der Waals surface area contributed by atoms with E-state index in [0.29, 0.717) is 11.3 Å². The largest absolute Gasteiger partial charge is 0.381 e. The molecule has 2 aliphatic rings. The van der Waals surface area contributed by atoms with Crippen molar-refractivity contribution in [2.45, 2.75) is 46.2 Å². The lowest BCUT2D eigenvalue weighted by Gasteiger charge is -2.33. The predicted molar refractivity (Wildman–Crippen MR) is 111 cm³/mol. The monoisotopic (exact) mass is 461 g/mol. The first-order valence-electron chi connectivity index (χ1n) is 9.15. The van der Waals surface area contributed by atoms with Crippen LogP contribution in [0, 0.1) is 11.3 Å². The van der Waals surface area contributed by atoms with Gasteiger partial charge in [-0.3, -0.25) is 4.99 Å². The van der Waals surface area contributed by atoms with E-state index in [1.54, 1.807) is 0 Å². The number of aromatic nitrogens is 2. The van der Waals surface area contributed by atoms with E-state index < -0.39 is 0 Å². The third-order valence-corrected chi connectivity index (χ3v) is 5.27. The molecule has 3 heterocycles. The summed E-state index contributed by atoms with van der Waals surface area (Å²) in [7, 11) is 1.87. The van der Waals surface area contributed by atoms with Gasteiger partial charge in [-0.15, -0.1) is 24.0 Å². The van der Waals surface area contributed by atoms with Gasteiger partial charge in [0, 0.05) is 52.3 Å². The maximum absolute atomic E-state index is 5.54. The van der Waals surface area contributed by atoms with E-state index in [2.05, 4.69) is 44.8 Å². The molecule has 0 saturated carbocycles. The van der Waals surface area contributed by atoms with E-state index in [0.717, 1.165) is 51.2 Å². The van der Waals surface area contributed by atoms with Crippen molar-refractivity contribution in [2.75, 3.05) is 33.4 Å². The Labute approximate surface area is 168 Å². The number of guanidine groups is 1. The van der Waals surface area contributed by atoms with Gasteiger partial charge in [-0.05, 0) is 30.6 Å². The molecular weight excluding hydrogens is 429 g/mol. The predicted octanol–water partition coefficient (Wildman–Crippen LogP) is 2.74. The topological polar surface area (TPSA) is 54.7 Å². The molecule has 7 heteroatoms. The Kier molecular flexibility index (Phi) is 7.54. The van der Waals surface area contributed by atoms with Crippen molar-refractivity contribution in [2.24, 2.45) is 16.3 Å². The van der Waals surface area contributed by atoms with Crippen LogP contribution in [0.15, 0.2) is 17.4 Å². The van der Waals surface area contributed by atoms with Gasteiger partial charge in [0.2, 0.25) is 0 Å². The molecule has 1 spiro atoms. The minimum absolute atomic E-state index is 0. The highest BCUT2D eigenvalue weighted by molar-refractivity contribution is 14.0. The summed E-state index contributed by atoms with van der Waals surface area (Å²) < 4.78 is 7.78. The highest BCUT2D eigenvalue weighted by Gasteiger charge is 2.40. The van der Waals surface area contributed by atoms with Crippen LogP contribution in [0.4, 0.5) is 0 Å². The van der Waals surface area contributed by atoms with Crippen LogP contribution in [-0.4, -0.2) is 53.8 Å². The highest BCUT2D eigenvalue weighted by atomic mass is 127. The van der Waals surface area contributed by atoms with E-state index in [4.69, 9.17) is 4.74 Å². The van der Waals surface area contributed by atoms with E-state index >= 15 is 0 Å². The molecular formula is C18H32IN5O. The van der Waals surface area contributed by atoms with Gasteiger partial charge in [-0.1, -0.05) is 13.8 Å². The SMILES string of the molecule is CN=C(NCc1nccn1CC(C)C)N1CCC2(CCOCC2)C1.I. The number of imidazole rings is 1. The minimum atomic E-state index is 0. The van der Waals surface area contributed by atoms with Crippen LogP contribution in [-0.2, 0) is 17.8 Å². The molecule has 0 bridgehead atoms. The average molecular weight is 461 g/mol. The highest BCUT2D eigenvalue weighted by Crippen LogP contribution is 2.39. The fourth-order valence-electron chi connectivity index (χ4n) is 3.89. The molecule has 0 unspecified atom stereocenters. The standard InChI is InChI=1S/C18H31N5O.HI/c1-15(2)13-22-9-7-20-16(22)12-21-17(19-3)23-8-4-18(14-23)5-10-24-11-6-18;/h7,9,15H,4-6,8,10-14H2,1-3H3,(H,19,21);1H. The lowest BCUT2D eigenvalue weighted by Crippen LogP contribution is -2.42. The summed E-state index contributed by atoms with van der Waals surface area (Å²) in [5.41, 5.74) is 0.436. The normalized spacial score (nSPS) is 20.2. The van der Waals surface area contributed by atoms with Crippen LogP contribution in [0.25, 0.3) is 0 Å². The Morgan fingerprint density at radius 3 is 2.80 bits per heavy atom. The molecule has 2 saturated heterocycles. The van der Waals surface area contributed by atoms with Gasteiger partial charge in [-0.2, -0.15) is 0 Å². The van der Waals surface area contributed by atoms with Crippen molar-refractivity contribution in [1.82, 2.24) is 19.8 Å². The van der Waals surface area contributed by atoms with Crippen molar-refractivity contribution in [3.8, 4) is 0 Å². The molecule has 0 amide bonds. The van der Waals surface area contributed by atoms with Crippen LogP contribution >= 0.6 is 24.0 Å². The summed E-state index contributed by atoms with van der Waals surface area (Å²) in [4.78, 5) is 11.4. The molecule has 25 heavy (non-hydrogen) atoms. The van der Waals surface area contributed by atoms with Crippen molar-refractivity contribution < 1.29 is 4.74 Å². The van der Waals surface area contributed by atoms with Crippen LogP contribution in [0.5, 0.6) is 0 Å². The molecule has 0 radical (unpaired) electrons. The average Bonchev–Trinajstić information content (AvgIpc) is 3.16. The number of rotatable bonds is 4. The zero-order valence-corrected chi connectivity index (χ0v) is 18.0. The molecule has 1 aromatic rings. The summed E-state index contributed by atoms with van der Waals surface area (Å²) in [6.45, 7) is 10.2. The van der Waals surface area contributed by atoms with Gasteiger partial charge in [-0.25, -0.2) is 4.98 Å². The Bertz CT molecular complexity index is 566. The van der Waals surface area contributed by atoms with E-state index in [-0.39, 0.29) is 24.0 Å². The maximum atomic E-state index is 5.54. The van der Waals surface area contributed by atoms with Crippen LogP contribution in [0.3, 0.4) is 0 Å². The maximum Gasteiger partial charge on any atom is 0.194 e. The number of hydrogen-bond acceptors (Lipinski definition) is 3. The van der Waals surface area contributed by atoms with Gasteiger partial charge in [0.1, 0.15) is 5.82 Å². The molecule has 0 aliphatic carbocycles. The Morgan fingerprint density at radius 1 is 1.36 bits per heavy atom. The molecule has 2 aliphatic heterocycles. The molecule has 3 rings (SSSR count). The van der Waals surface area contributed by atoms with Crippen molar-refractivity contribution in [1.29, 1.82) is 0 Å². The Hall–Kier alpha value is -0.830. The first kappa shape index (κ1) is 20.5. The molecule has 1 N–H and O–H groups in total. The molecule has 142 valence electrons. The molecule has 0 atom stereocenters.